The first kappa shape index (κ1) is 13.4. The first-order valence-corrected chi connectivity index (χ1v) is 5.75. The minimum Gasteiger partial charge on any atom is -0.477 e. The fourth-order valence-electron chi connectivity index (χ4n) is 1.28. The maximum atomic E-state index is 10.6. The van der Waals surface area contributed by atoms with Crippen LogP contribution in [0.4, 0.5) is 5.69 Å². The van der Waals surface area contributed by atoms with Gasteiger partial charge >= 0.3 is 5.97 Å². The van der Waals surface area contributed by atoms with Crippen molar-refractivity contribution in [3.63, 3.8) is 0 Å². The summed E-state index contributed by atoms with van der Waals surface area (Å²) in [5.41, 5.74) is 0.882. The standard InChI is InChI=1S/C12H18N2O3/c1-2-7-17-8-3-6-13-10-4-5-11(12(15)16)14-9-10/h4-5,9,13H,2-3,6-8H2,1H3,(H,15,16). The van der Waals surface area contributed by atoms with Crippen molar-refractivity contribution in [1.29, 1.82) is 0 Å². The molecule has 0 unspecified atom stereocenters. The molecule has 0 saturated heterocycles. The normalized spacial score (nSPS) is 10.2. The van der Waals surface area contributed by atoms with Crippen LogP contribution in [0, 0.1) is 0 Å². The Kier molecular flexibility index (Phi) is 6.03. The molecule has 1 aromatic heterocycles. The number of nitrogens with zero attached hydrogens (tertiary/aromatic N) is 1. The lowest BCUT2D eigenvalue weighted by Crippen LogP contribution is -2.07. The highest BCUT2D eigenvalue weighted by molar-refractivity contribution is 5.85. The molecule has 5 heteroatoms. The largest absolute Gasteiger partial charge is 0.477 e. The quantitative estimate of drug-likeness (QED) is 0.678. The van der Waals surface area contributed by atoms with Gasteiger partial charge in [-0.05, 0) is 25.0 Å². The van der Waals surface area contributed by atoms with E-state index < -0.39 is 5.97 Å². The molecule has 1 heterocycles. The number of anilines is 1. The predicted molar refractivity (Wildman–Crippen MR) is 65.4 cm³/mol. The number of hydrogen-bond acceptors (Lipinski definition) is 4. The smallest absolute Gasteiger partial charge is 0.354 e. The zero-order valence-corrected chi connectivity index (χ0v) is 9.98. The SMILES string of the molecule is CCCOCCCNc1ccc(C(=O)O)nc1. The lowest BCUT2D eigenvalue weighted by Gasteiger charge is -2.06. The number of aromatic nitrogens is 1. The average molecular weight is 238 g/mol. The molecule has 2 N–H and O–H groups in total. The number of carbonyl (C=O) groups is 1. The molecule has 0 radical (unpaired) electrons. The molecule has 0 aliphatic heterocycles. The van der Waals surface area contributed by atoms with E-state index in [0.717, 1.165) is 38.3 Å². The van der Waals surface area contributed by atoms with Gasteiger partial charge in [-0.25, -0.2) is 9.78 Å². The highest BCUT2D eigenvalue weighted by Gasteiger charge is 2.02. The van der Waals surface area contributed by atoms with E-state index in [1.807, 2.05) is 0 Å². The Morgan fingerprint density at radius 2 is 2.29 bits per heavy atom. The van der Waals surface area contributed by atoms with E-state index in [1.54, 1.807) is 6.07 Å². The van der Waals surface area contributed by atoms with Crippen LogP contribution in [0.25, 0.3) is 0 Å². The van der Waals surface area contributed by atoms with Gasteiger partial charge < -0.3 is 15.2 Å². The van der Waals surface area contributed by atoms with Gasteiger partial charge in [0.1, 0.15) is 5.69 Å². The van der Waals surface area contributed by atoms with Gasteiger partial charge in [0.25, 0.3) is 0 Å². The highest BCUT2D eigenvalue weighted by atomic mass is 16.5. The Morgan fingerprint density at radius 3 is 2.88 bits per heavy atom. The van der Waals surface area contributed by atoms with Crippen LogP contribution in [0.2, 0.25) is 0 Å². The fourth-order valence-corrected chi connectivity index (χ4v) is 1.28. The van der Waals surface area contributed by atoms with Crippen molar-refractivity contribution in [1.82, 2.24) is 4.98 Å². The van der Waals surface area contributed by atoms with Gasteiger partial charge in [0.2, 0.25) is 0 Å². The summed E-state index contributed by atoms with van der Waals surface area (Å²) in [6.45, 7) is 4.40. The maximum Gasteiger partial charge on any atom is 0.354 e. The average Bonchev–Trinajstić information content (AvgIpc) is 2.34. The lowest BCUT2D eigenvalue weighted by molar-refractivity contribution is 0.0690. The molecule has 0 spiro atoms. The second-order valence-electron chi connectivity index (χ2n) is 3.63. The molecule has 0 bridgehead atoms. The van der Waals surface area contributed by atoms with E-state index in [-0.39, 0.29) is 5.69 Å². The van der Waals surface area contributed by atoms with E-state index in [4.69, 9.17) is 9.84 Å². The second kappa shape index (κ2) is 7.62. The molecule has 17 heavy (non-hydrogen) atoms. The van der Waals surface area contributed by atoms with Gasteiger partial charge in [0.05, 0.1) is 11.9 Å². The number of carboxylic acids is 1. The molecular formula is C12H18N2O3. The van der Waals surface area contributed by atoms with Crippen molar-refractivity contribution in [3.8, 4) is 0 Å². The number of ether oxygens (including phenoxy) is 1. The van der Waals surface area contributed by atoms with E-state index in [1.165, 1.54) is 12.3 Å². The zero-order chi connectivity index (χ0) is 12.5. The van der Waals surface area contributed by atoms with Gasteiger partial charge in [-0.1, -0.05) is 6.92 Å². The minimum absolute atomic E-state index is 0.0572. The summed E-state index contributed by atoms with van der Waals surface area (Å²) >= 11 is 0. The minimum atomic E-state index is -1.01. The third kappa shape index (κ3) is 5.31. The predicted octanol–water partition coefficient (Wildman–Crippen LogP) is 2.01. The van der Waals surface area contributed by atoms with Gasteiger partial charge in [-0.15, -0.1) is 0 Å². The van der Waals surface area contributed by atoms with Gasteiger partial charge in [0.15, 0.2) is 0 Å². The second-order valence-corrected chi connectivity index (χ2v) is 3.63. The van der Waals surface area contributed by atoms with Crippen LogP contribution in [0.5, 0.6) is 0 Å². The van der Waals surface area contributed by atoms with Crippen molar-refractivity contribution in [2.24, 2.45) is 0 Å². The zero-order valence-electron chi connectivity index (χ0n) is 9.98. The Hall–Kier alpha value is -1.62. The summed E-state index contributed by atoms with van der Waals surface area (Å²) in [5, 5.41) is 11.8. The molecule has 0 amide bonds. The van der Waals surface area contributed by atoms with Crippen LogP contribution in [0.15, 0.2) is 18.3 Å². The Bertz CT molecular complexity index is 338. The van der Waals surface area contributed by atoms with Gasteiger partial charge in [-0.2, -0.15) is 0 Å². The Labute approximate surface area is 101 Å². The maximum absolute atomic E-state index is 10.6. The third-order valence-corrected chi connectivity index (χ3v) is 2.13. The van der Waals surface area contributed by atoms with Crippen molar-refractivity contribution in [2.45, 2.75) is 19.8 Å². The first-order valence-electron chi connectivity index (χ1n) is 5.75. The molecule has 1 aromatic rings. The van der Waals surface area contributed by atoms with Crippen molar-refractivity contribution >= 4 is 11.7 Å². The molecular weight excluding hydrogens is 220 g/mol. The first-order chi connectivity index (χ1) is 8.24. The Balaban J connectivity index is 2.21. The molecule has 0 atom stereocenters. The molecule has 0 saturated carbocycles. The Morgan fingerprint density at radius 1 is 1.47 bits per heavy atom. The third-order valence-electron chi connectivity index (χ3n) is 2.13. The van der Waals surface area contributed by atoms with Crippen LogP contribution in [0.3, 0.4) is 0 Å². The monoisotopic (exact) mass is 238 g/mol. The number of hydrogen-bond donors (Lipinski definition) is 2. The summed E-state index contributed by atoms with van der Waals surface area (Å²) in [5.74, 6) is -1.01. The van der Waals surface area contributed by atoms with E-state index in [2.05, 4.69) is 17.2 Å². The summed E-state index contributed by atoms with van der Waals surface area (Å²) in [7, 11) is 0. The van der Waals surface area contributed by atoms with E-state index in [0.29, 0.717) is 0 Å². The summed E-state index contributed by atoms with van der Waals surface area (Å²) < 4.78 is 5.34. The summed E-state index contributed by atoms with van der Waals surface area (Å²) in [4.78, 5) is 14.4. The van der Waals surface area contributed by atoms with E-state index in [9.17, 15) is 4.79 Å². The topological polar surface area (TPSA) is 71.5 Å². The van der Waals surface area contributed by atoms with Crippen molar-refractivity contribution in [3.05, 3.63) is 24.0 Å². The fraction of sp³-hybridized carbons (Fsp3) is 0.500. The molecule has 5 nitrogen and oxygen atoms in total. The van der Waals surface area contributed by atoms with Crippen LogP contribution in [-0.2, 0) is 4.74 Å². The molecule has 0 aromatic carbocycles. The van der Waals surface area contributed by atoms with Crippen molar-refractivity contribution < 1.29 is 14.6 Å². The number of aromatic carboxylic acids is 1. The number of rotatable bonds is 8. The van der Waals surface area contributed by atoms with Gasteiger partial charge in [-0.3, -0.25) is 0 Å². The van der Waals surface area contributed by atoms with Crippen LogP contribution in [0.1, 0.15) is 30.3 Å². The van der Waals surface area contributed by atoms with Crippen LogP contribution < -0.4 is 5.32 Å². The molecule has 94 valence electrons. The van der Waals surface area contributed by atoms with Crippen LogP contribution >= 0.6 is 0 Å². The lowest BCUT2D eigenvalue weighted by atomic mass is 10.3. The number of carboxylic acid groups (broad SMARTS) is 1. The summed E-state index contributed by atoms with van der Waals surface area (Å²) in [6.07, 6.45) is 3.48. The van der Waals surface area contributed by atoms with Crippen LogP contribution in [-0.4, -0.2) is 35.8 Å². The number of pyridine rings is 1. The van der Waals surface area contributed by atoms with Gasteiger partial charge in [0, 0.05) is 19.8 Å². The van der Waals surface area contributed by atoms with E-state index >= 15 is 0 Å². The molecule has 0 aliphatic carbocycles. The number of nitrogens with one attached hydrogen (secondary N) is 1. The van der Waals surface area contributed by atoms with Crippen molar-refractivity contribution in [2.75, 3.05) is 25.1 Å². The molecule has 0 fully saturated rings. The highest BCUT2D eigenvalue weighted by Crippen LogP contribution is 2.05. The summed E-state index contributed by atoms with van der Waals surface area (Å²) in [6, 6.07) is 3.20. The molecule has 0 aliphatic rings. The molecule has 1 rings (SSSR count).